The number of nitrogens with zero attached hydrogens (tertiary/aromatic N) is 3. The molecule has 5 nitrogen and oxygen atoms in total. The Bertz CT molecular complexity index is 717. The van der Waals surface area contributed by atoms with E-state index in [1.807, 2.05) is 29.6 Å². The zero-order chi connectivity index (χ0) is 12.5. The lowest BCUT2D eigenvalue weighted by Crippen LogP contribution is -2.07. The standard InChI is InChI=1S/C12H9N3O2S/c16-12(17)6-10-7-13-14-15(10)9-1-2-11-8(5-9)3-4-18-11/h1-5,7H,6H2,(H,16,17). The summed E-state index contributed by atoms with van der Waals surface area (Å²) in [5, 5.41) is 19.7. The molecule has 0 saturated heterocycles. The first-order valence-corrected chi connectivity index (χ1v) is 6.21. The topological polar surface area (TPSA) is 68.0 Å². The largest absolute Gasteiger partial charge is 0.481 e. The summed E-state index contributed by atoms with van der Waals surface area (Å²) in [5.74, 6) is -0.893. The van der Waals surface area contributed by atoms with Crippen LogP contribution in [-0.2, 0) is 11.2 Å². The second-order valence-corrected chi connectivity index (χ2v) is 4.80. The summed E-state index contributed by atoms with van der Waals surface area (Å²) < 4.78 is 2.75. The molecule has 18 heavy (non-hydrogen) atoms. The molecule has 0 atom stereocenters. The number of benzene rings is 1. The molecule has 90 valence electrons. The van der Waals surface area contributed by atoms with Gasteiger partial charge < -0.3 is 5.11 Å². The molecule has 0 fully saturated rings. The summed E-state index contributed by atoms with van der Waals surface area (Å²) in [7, 11) is 0. The lowest BCUT2D eigenvalue weighted by atomic mass is 10.2. The molecule has 0 bridgehead atoms. The van der Waals surface area contributed by atoms with Crippen LogP contribution in [0.1, 0.15) is 5.69 Å². The molecule has 3 aromatic rings. The minimum Gasteiger partial charge on any atom is -0.481 e. The quantitative estimate of drug-likeness (QED) is 0.782. The fraction of sp³-hybridized carbons (Fsp3) is 0.0833. The van der Waals surface area contributed by atoms with Gasteiger partial charge in [0.15, 0.2) is 0 Å². The van der Waals surface area contributed by atoms with Crippen LogP contribution in [0.2, 0.25) is 0 Å². The zero-order valence-corrected chi connectivity index (χ0v) is 10.1. The normalized spacial score (nSPS) is 10.9. The molecular formula is C12H9N3O2S. The Morgan fingerprint density at radius 2 is 2.28 bits per heavy atom. The van der Waals surface area contributed by atoms with E-state index < -0.39 is 5.97 Å². The Morgan fingerprint density at radius 3 is 3.11 bits per heavy atom. The Balaban J connectivity index is 2.08. The highest BCUT2D eigenvalue weighted by Crippen LogP contribution is 2.23. The van der Waals surface area contributed by atoms with Crippen LogP contribution in [0.15, 0.2) is 35.8 Å². The molecule has 0 unspecified atom stereocenters. The van der Waals surface area contributed by atoms with Crippen LogP contribution in [0.25, 0.3) is 15.8 Å². The van der Waals surface area contributed by atoms with E-state index in [1.165, 1.54) is 10.9 Å². The lowest BCUT2D eigenvalue weighted by molar-refractivity contribution is -0.136. The van der Waals surface area contributed by atoms with Gasteiger partial charge in [-0.3, -0.25) is 4.79 Å². The van der Waals surface area contributed by atoms with Crippen molar-refractivity contribution in [2.24, 2.45) is 0 Å². The van der Waals surface area contributed by atoms with Gasteiger partial charge >= 0.3 is 5.97 Å². The first-order chi connectivity index (χ1) is 8.74. The first-order valence-electron chi connectivity index (χ1n) is 5.33. The van der Waals surface area contributed by atoms with Crippen molar-refractivity contribution in [1.29, 1.82) is 0 Å². The number of aliphatic carboxylic acids is 1. The average molecular weight is 259 g/mol. The van der Waals surface area contributed by atoms with Crippen molar-refractivity contribution in [3.63, 3.8) is 0 Å². The number of hydrogen-bond acceptors (Lipinski definition) is 4. The fourth-order valence-electron chi connectivity index (χ4n) is 1.83. The lowest BCUT2D eigenvalue weighted by Gasteiger charge is -2.04. The van der Waals surface area contributed by atoms with Gasteiger partial charge in [0.2, 0.25) is 0 Å². The van der Waals surface area contributed by atoms with Crippen LogP contribution in [0, 0.1) is 0 Å². The summed E-state index contributed by atoms with van der Waals surface area (Å²) in [6, 6.07) is 7.92. The minimum atomic E-state index is -0.893. The van der Waals surface area contributed by atoms with Gasteiger partial charge in [-0.2, -0.15) is 0 Å². The Morgan fingerprint density at radius 1 is 1.39 bits per heavy atom. The van der Waals surface area contributed by atoms with E-state index in [0.29, 0.717) is 5.69 Å². The van der Waals surface area contributed by atoms with E-state index in [-0.39, 0.29) is 6.42 Å². The van der Waals surface area contributed by atoms with Gasteiger partial charge in [-0.05, 0) is 35.0 Å². The molecule has 0 radical (unpaired) electrons. The number of aromatic nitrogens is 3. The van der Waals surface area contributed by atoms with Crippen LogP contribution in [-0.4, -0.2) is 26.1 Å². The van der Waals surface area contributed by atoms with E-state index in [2.05, 4.69) is 10.3 Å². The van der Waals surface area contributed by atoms with E-state index >= 15 is 0 Å². The van der Waals surface area contributed by atoms with Crippen LogP contribution < -0.4 is 0 Å². The van der Waals surface area contributed by atoms with Crippen LogP contribution in [0.5, 0.6) is 0 Å². The van der Waals surface area contributed by atoms with Gasteiger partial charge in [0.25, 0.3) is 0 Å². The van der Waals surface area contributed by atoms with Crippen molar-refractivity contribution in [1.82, 2.24) is 15.0 Å². The number of thiophene rings is 1. The second kappa shape index (κ2) is 4.23. The van der Waals surface area contributed by atoms with Gasteiger partial charge in [-0.15, -0.1) is 16.4 Å². The van der Waals surface area contributed by atoms with E-state index in [0.717, 1.165) is 11.1 Å². The van der Waals surface area contributed by atoms with E-state index in [1.54, 1.807) is 16.0 Å². The van der Waals surface area contributed by atoms with Crippen molar-refractivity contribution in [3.8, 4) is 5.69 Å². The molecule has 0 aliphatic heterocycles. The van der Waals surface area contributed by atoms with Crippen LogP contribution >= 0.6 is 11.3 Å². The Hall–Kier alpha value is -2.21. The van der Waals surface area contributed by atoms with Crippen molar-refractivity contribution in [2.45, 2.75) is 6.42 Å². The van der Waals surface area contributed by atoms with Crippen molar-refractivity contribution < 1.29 is 9.90 Å². The number of carbonyl (C=O) groups is 1. The molecule has 2 heterocycles. The monoisotopic (exact) mass is 259 g/mol. The number of hydrogen-bond donors (Lipinski definition) is 1. The molecule has 1 aromatic carbocycles. The Labute approximate surface area is 106 Å². The second-order valence-electron chi connectivity index (χ2n) is 3.85. The third-order valence-electron chi connectivity index (χ3n) is 2.63. The van der Waals surface area contributed by atoms with Crippen molar-refractivity contribution >= 4 is 27.4 Å². The molecule has 0 amide bonds. The molecule has 0 aliphatic carbocycles. The first kappa shape index (κ1) is 10.9. The SMILES string of the molecule is O=C(O)Cc1cnnn1-c1ccc2sccc2c1. The highest BCUT2D eigenvalue weighted by Gasteiger charge is 2.10. The number of carboxylic acids is 1. The van der Waals surface area contributed by atoms with Crippen LogP contribution in [0.4, 0.5) is 0 Å². The number of carboxylic acid groups (broad SMARTS) is 1. The minimum absolute atomic E-state index is 0.0886. The third-order valence-corrected chi connectivity index (χ3v) is 3.53. The molecule has 2 aromatic heterocycles. The molecule has 6 heteroatoms. The molecule has 0 spiro atoms. The number of rotatable bonds is 3. The molecule has 3 rings (SSSR count). The van der Waals surface area contributed by atoms with Crippen molar-refractivity contribution in [3.05, 3.63) is 41.5 Å². The molecule has 0 aliphatic rings. The summed E-state index contributed by atoms with van der Waals surface area (Å²) >= 11 is 1.67. The van der Waals surface area contributed by atoms with Gasteiger partial charge in [-0.1, -0.05) is 5.21 Å². The maximum Gasteiger partial charge on any atom is 0.309 e. The van der Waals surface area contributed by atoms with Crippen LogP contribution in [0.3, 0.4) is 0 Å². The van der Waals surface area contributed by atoms with Gasteiger partial charge in [0.05, 0.1) is 24.0 Å². The molecule has 0 saturated carbocycles. The highest BCUT2D eigenvalue weighted by molar-refractivity contribution is 7.17. The molecule has 1 N–H and O–H groups in total. The third kappa shape index (κ3) is 1.86. The van der Waals surface area contributed by atoms with Gasteiger partial charge in [-0.25, -0.2) is 4.68 Å². The Kier molecular flexibility index (Phi) is 2.56. The average Bonchev–Trinajstić information content (AvgIpc) is 2.95. The number of fused-ring (bicyclic) bond motifs is 1. The predicted molar refractivity (Wildman–Crippen MR) is 68.1 cm³/mol. The van der Waals surface area contributed by atoms with Gasteiger partial charge in [0, 0.05) is 4.70 Å². The smallest absolute Gasteiger partial charge is 0.309 e. The summed E-state index contributed by atoms with van der Waals surface area (Å²) in [4.78, 5) is 10.8. The zero-order valence-electron chi connectivity index (χ0n) is 9.28. The van der Waals surface area contributed by atoms with E-state index in [9.17, 15) is 4.79 Å². The fourth-order valence-corrected chi connectivity index (χ4v) is 2.61. The highest BCUT2D eigenvalue weighted by atomic mass is 32.1. The summed E-state index contributed by atoms with van der Waals surface area (Å²) in [6.07, 6.45) is 1.39. The maximum absolute atomic E-state index is 10.8. The van der Waals surface area contributed by atoms with Gasteiger partial charge in [0.1, 0.15) is 0 Å². The summed E-state index contributed by atoms with van der Waals surface area (Å²) in [5.41, 5.74) is 1.40. The summed E-state index contributed by atoms with van der Waals surface area (Å²) in [6.45, 7) is 0. The molecular weight excluding hydrogens is 250 g/mol. The van der Waals surface area contributed by atoms with E-state index in [4.69, 9.17) is 5.11 Å². The maximum atomic E-state index is 10.8. The predicted octanol–water partition coefficient (Wildman–Crippen LogP) is 2.11. The van der Waals surface area contributed by atoms with Crippen molar-refractivity contribution in [2.75, 3.05) is 0 Å².